The molecule has 0 aliphatic carbocycles. The third kappa shape index (κ3) is 4.25. The van der Waals surface area contributed by atoms with Crippen molar-refractivity contribution >= 4 is 11.9 Å². The van der Waals surface area contributed by atoms with Gasteiger partial charge in [-0.25, -0.2) is 0 Å². The van der Waals surface area contributed by atoms with E-state index in [1.165, 1.54) is 7.11 Å². The minimum absolute atomic E-state index is 0.114. The largest absolute Gasteiger partial charge is 0.469 e. The van der Waals surface area contributed by atoms with Crippen LogP contribution < -0.4 is 0 Å². The minimum atomic E-state index is -0.528. The molecule has 0 aliphatic heterocycles. The van der Waals surface area contributed by atoms with Gasteiger partial charge in [-0.05, 0) is 12.5 Å². The van der Waals surface area contributed by atoms with E-state index in [4.69, 9.17) is 0 Å². The molecule has 0 aliphatic rings. The summed E-state index contributed by atoms with van der Waals surface area (Å²) in [5.74, 6) is -0.789. The van der Waals surface area contributed by atoms with E-state index in [0.29, 0.717) is 6.54 Å². The van der Waals surface area contributed by atoms with Crippen LogP contribution in [0.2, 0.25) is 0 Å². The molecule has 4 nitrogen and oxygen atoms in total. The number of hydrogen-bond acceptors (Lipinski definition) is 3. The second-order valence-corrected chi connectivity index (χ2v) is 4.17. The molecule has 0 fully saturated rings. The number of rotatable bonds is 6. The van der Waals surface area contributed by atoms with E-state index in [1.807, 2.05) is 37.3 Å². The van der Waals surface area contributed by atoms with Gasteiger partial charge in [-0.15, -0.1) is 6.58 Å². The summed E-state index contributed by atoms with van der Waals surface area (Å²) in [6.45, 7) is 5.97. The Hall–Kier alpha value is -2.10. The Kier molecular flexibility index (Phi) is 5.79. The second kappa shape index (κ2) is 7.36. The highest BCUT2D eigenvalue weighted by molar-refractivity contribution is 5.94. The summed E-state index contributed by atoms with van der Waals surface area (Å²) in [6, 6.07) is 9.55. The molecular formula is C15H19NO3. The lowest BCUT2D eigenvalue weighted by molar-refractivity contribution is -0.147. The monoisotopic (exact) mass is 261 g/mol. The first-order valence-corrected chi connectivity index (χ1v) is 6.12. The summed E-state index contributed by atoms with van der Waals surface area (Å²) in [7, 11) is 1.27. The SMILES string of the molecule is C=CCN(C(=O)CC(=O)OC)[C@H](C)c1ccccc1. The van der Waals surface area contributed by atoms with Crippen LogP contribution in [0.5, 0.6) is 0 Å². The number of carbonyl (C=O) groups is 2. The first-order chi connectivity index (χ1) is 9.10. The van der Waals surface area contributed by atoms with Crippen molar-refractivity contribution in [3.63, 3.8) is 0 Å². The average Bonchev–Trinajstić information content (AvgIpc) is 2.44. The smallest absolute Gasteiger partial charge is 0.315 e. The molecule has 1 aromatic carbocycles. The van der Waals surface area contributed by atoms with Crippen molar-refractivity contribution < 1.29 is 14.3 Å². The lowest BCUT2D eigenvalue weighted by Crippen LogP contribution is -2.35. The fraction of sp³-hybridized carbons (Fsp3) is 0.333. The van der Waals surface area contributed by atoms with Crippen molar-refractivity contribution in [1.29, 1.82) is 0 Å². The minimum Gasteiger partial charge on any atom is -0.469 e. The third-order valence-electron chi connectivity index (χ3n) is 2.92. The summed E-state index contributed by atoms with van der Waals surface area (Å²) in [6.07, 6.45) is 1.40. The van der Waals surface area contributed by atoms with Crippen molar-refractivity contribution in [1.82, 2.24) is 4.90 Å². The molecule has 0 heterocycles. The Labute approximate surface area is 113 Å². The zero-order valence-electron chi connectivity index (χ0n) is 11.3. The topological polar surface area (TPSA) is 46.6 Å². The van der Waals surface area contributed by atoms with Gasteiger partial charge < -0.3 is 9.64 Å². The van der Waals surface area contributed by atoms with Crippen LogP contribution in [0.25, 0.3) is 0 Å². The average molecular weight is 261 g/mol. The standard InChI is InChI=1S/C15H19NO3/c1-4-10-16(14(17)11-15(18)19-3)12(2)13-8-6-5-7-9-13/h4-9,12H,1,10-11H2,2-3H3/t12-/m1/s1. The van der Waals surface area contributed by atoms with Gasteiger partial charge in [0.1, 0.15) is 6.42 Å². The molecule has 1 amide bonds. The Morgan fingerprint density at radius 3 is 2.53 bits per heavy atom. The van der Waals surface area contributed by atoms with Crippen LogP contribution in [0.15, 0.2) is 43.0 Å². The van der Waals surface area contributed by atoms with Crippen LogP contribution in [-0.2, 0) is 14.3 Å². The molecule has 0 saturated heterocycles. The number of esters is 1. The van der Waals surface area contributed by atoms with Gasteiger partial charge in [0.05, 0.1) is 13.2 Å². The van der Waals surface area contributed by atoms with E-state index in [-0.39, 0.29) is 18.4 Å². The number of methoxy groups -OCH3 is 1. The molecule has 0 saturated carbocycles. The fourth-order valence-electron chi connectivity index (χ4n) is 1.82. The summed E-state index contributed by atoms with van der Waals surface area (Å²) in [5, 5.41) is 0. The maximum absolute atomic E-state index is 12.1. The van der Waals surface area contributed by atoms with E-state index in [0.717, 1.165) is 5.56 Å². The number of hydrogen-bond donors (Lipinski definition) is 0. The lowest BCUT2D eigenvalue weighted by atomic mass is 10.1. The molecule has 102 valence electrons. The summed E-state index contributed by atoms with van der Waals surface area (Å²) >= 11 is 0. The van der Waals surface area contributed by atoms with Crippen LogP contribution in [-0.4, -0.2) is 30.4 Å². The first kappa shape index (κ1) is 15.0. The van der Waals surface area contributed by atoms with Crippen LogP contribution in [0.4, 0.5) is 0 Å². The van der Waals surface area contributed by atoms with Crippen molar-refractivity contribution in [3.05, 3.63) is 48.6 Å². The van der Waals surface area contributed by atoms with Gasteiger partial charge in [-0.1, -0.05) is 36.4 Å². The second-order valence-electron chi connectivity index (χ2n) is 4.17. The van der Waals surface area contributed by atoms with E-state index >= 15 is 0 Å². The molecule has 1 atom stereocenters. The highest BCUT2D eigenvalue weighted by Gasteiger charge is 2.22. The third-order valence-corrected chi connectivity index (χ3v) is 2.92. The first-order valence-electron chi connectivity index (χ1n) is 6.12. The zero-order valence-corrected chi connectivity index (χ0v) is 11.3. The molecule has 0 N–H and O–H groups in total. The number of carbonyl (C=O) groups excluding carboxylic acids is 2. The predicted octanol–water partition coefficient (Wildman–Crippen LogP) is 2.33. The van der Waals surface area contributed by atoms with Gasteiger partial charge >= 0.3 is 5.97 Å². The molecule has 0 bridgehead atoms. The lowest BCUT2D eigenvalue weighted by Gasteiger charge is -2.28. The Bertz CT molecular complexity index is 442. The highest BCUT2D eigenvalue weighted by atomic mass is 16.5. The molecule has 4 heteroatoms. The fourth-order valence-corrected chi connectivity index (χ4v) is 1.82. The van der Waals surface area contributed by atoms with Crippen LogP contribution in [0.3, 0.4) is 0 Å². The quantitative estimate of drug-likeness (QED) is 0.448. The Morgan fingerprint density at radius 1 is 1.37 bits per heavy atom. The molecule has 1 rings (SSSR count). The summed E-state index contributed by atoms with van der Waals surface area (Å²) in [5.41, 5.74) is 1.02. The van der Waals surface area contributed by atoms with Crippen molar-refractivity contribution in [2.24, 2.45) is 0 Å². The molecule has 0 spiro atoms. The Balaban J connectivity index is 2.84. The van der Waals surface area contributed by atoms with Crippen molar-refractivity contribution in [2.75, 3.05) is 13.7 Å². The summed E-state index contributed by atoms with van der Waals surface area (Å²) in [4.78, 5) is 24.9. The molecule has 0 aromatic heterocycles. The Morgan fingerprint density at radius 2 is 2.00 bits per heavy atom. The van der Waals surface area contributed by atoms with Crippen LogP contribution >= 0.6 is 0 Å². The molecular weight excluding hydrogens is 242 g/mol. The number of benzene rings is 1. The van der Waals surface area contributed by atoms with Crippen molar-refractivity contribution in [3.8, 4) is 0 Å². The maximum Gasteiger partial charge on any atom is 0.315 e. The van der Waals surface area contributed by atoms with Crippen molar-refractivity contribution in [2.45, 2.75) is 19.4 Å². The van der Waals surface area contributed by atoms with Crippen LogP contribution in [0.1, 0.15) is 24.9 Å². The zero-order chi connectivity index (χ0) is 14.3. The highest BCUT2D eigenvalue weighted by Crippen LogP contribution is 2.20. The van der Waals surface area contributed by atoms with E-state index in [2.05, 4.69) is 11.3 Å². The molecule has 19 heavy (non-hydrogen) atoms. The van der Waals surface area contributed by atoms with Gasteiger partial charge in [-0.3, -0.25) is 9.59 Å². The number of amides is 1. The summed E-state index contributed by atoms with van der Waals surface area (Å²) < 4.78 is 4.52. The molecule has 0 radical (unpaired) electrons. The molecule has 0 unspecified atom stereocenters. The molecule has 1 aromatic rings. The van der Waals surface area contributed by atoms with Gasteiger partial charge in [0.25, 0.3) is 0 Å². The maximum atomic E-state index is 12.1. The van der Waals surface area contributed by atoms with E-state index in [9.17, 15) is 9.59 Å². The number of ether oxygens (including phenoxy) is 1. The van der Waals surface area contributed by atoms with E-state index < -0.39 is 5.97 Å². The van der Waals surface area contributed by atoms with Crippen LogP contribution in [0, 0.1) is 0 Å². The van der Waals surface area contributed by atoms with Gasteiger partial charge in [0.2, 0.25) is 5.91 Å². The predicted molar refractivity (Wildman–Crippen MR) is 73.4 cm³/mol. The van der Waals surface area contributed by atoms with E-state index in [1.54, 1.807) is 11.0 Å². The van der Waals surface area contributed by atoms with Gasteiger partial charge in [0, 0.05) is 6.54 Å². The number of nitrogens with zero attached hydrogens (tertiary/aromatic N) is 1. The van der Waals surface area contributed by atoms with Gasteiger partial charge in [-0.2, -0.15) is 0 Å². The normalized spacial score (nSPS) is 11.5. The van der Waals surface area contributed by atoms with Gasteiger partial charge in [0.15, 0.2) is 0 Å².